The number of anilines is 1. The summed E-state index contributed by atoms with van der Waals surface area (Å²) in [6, 6.07) is 9.47. The summed E-state index contributed by atoms with van der Waals surface area (Å²) >= 11 is 5.30. The van der Waals surface area contributed by atoms with Crippen LogP contribution in [-0.4, -0.2) is 12.0 Å². The fourth-order valence-corrected chi connectivity index (χ4v) is 2.26. The molecule has 3 nitrogen and oxygen atoms in total. The molecule has 23 heavy (non-hydrogen) atoms. The maximum atomic E-state index is 13.1. The van der Waals surface area contributed by atoms with Crippen LogP contribution in [-0.2, 0) is 17.3 Å². The highest BCUT2D eigenvalue weighted by molar-refractivity contribution is 6.17. The molecular formula is C16H13ClF3NO2. The minimum Gasteiger partial charge on any atom is -0.446 e. The van der Waals surface area contributed by atoms with Crippen molar-refractivity contribution in [3.05, 3.63) is 64.7 Å². The Kier molecular flexibility index (Phi) is 5.15. The summed E-state index contributed by atoms with van der Waals surface area (Å²) in [6.45, 7) is 0. The van der Waals surface area contributed by atoms with Gasteiger partial charge >= 0.3 is 12.1 Å². The molecule has 0 saturated heterocycles. The number of esters is 1. The standard InChI is InChI=1S/C16H13ClF3NO2/c17-9-23-15(22)11-6-4-10(5-7-11)8-12-13(16(18,19)20)2-1-3-14(12)21/h1-7H,8-9,21H2. The number of carbonyl (C=O) groups is 1. The van der Waals surface area contributed by atoms with E-state index in [9.17, 15) is 18.0 Å². The first-order valence-corrected chi connectivity index (χ1v) is 7.13. The Morgan fingerprint density at radius 2 is 1.78 bits per heavy atom. The number of hydrogen-bond acceptors (Lipinski definition) is 3. The van der Waals surface area contributed by atoms with Crippen LogP contribution in [0.5, 0.6) is 0 Å². The fraction of sp³-hybridized carbons (Fsp3) is 0.188. The van der Waals surface area contributed by atoms with E-state index in [0.717, 1.165) is 6.07 Å². The van der Waals surface area contributed by atoms with E-state index in [1.807, 2.05) is 0 Å². The summed E-state index contributed by atoms with van der Waals surface area (Å²) < 4.78 is 43.8. The Morgan fingerprint density at radius 3 is 2.35 bits per heavy atom. The molecule has 0 saturated carbocycles. The topological polar surface area (TPSA) is 52.3 Å². The maximum Gasteiger partial charge on any atom is 0.416 e. The number of nitrogen functional groups attached to an aromatic ring is 1. The molecule has 0 aliphatic heterocycles. The number of halogens is 4. The second-order valence-corrected chi connectivity index (χ2v) is 5.00. The van der Waals surface area contributed by atoms with Crippen LogP contribution in [0.4, 0.5) is 18.9 Å². The van der Waals surface area contributed by atoms with Crippen molar-refractivity contribution < 1.29 is 22.7 Å². The van der Waals surface area contributed by atoms with Gasteiger partial charge in [-0.05, 0) is 35.4 Å². The summed E-state index contributed by atoms with van der Waals surface area (Å²) in [5.74, 6) is -0.596. The third kappa shape index (κ3) is 4.16. The predicted octanol–water partition coefficient (Wildman–Crippen LogP) is 4.23. The third-order valence-electron chi connectivity index (χ3n) is 3.27. The number of hydrogen-bond donors (Lipinski definition) is 1. The van der Waals surface area contributed by atoms with E-state index in [0.29, 0.717) is 5.56 Å². The molecule has 2 rings (SSSR count). The van der Waals surface area contributed by atoms with Gasteiger partial charge in [0.25, 0.3) is 0 Å². The molecule has 2 N–H and O–H groups in total. The van der Waals surface area contributed by atoms with Crippen molar-refractivity contribution >= 4 is 23.3 Å². The number of rotatable bonds is 4. The maximum absolute atomic E-state index is 13.1. The second-order valence-electron chi connectivity index (χ2n) is 4.79. The van der Waals surface area contributed by atoms with Crippen molar-refractivity contribution in [1.82, 2.24) is 0 Å². The minimum absolute atomic E-state index is 0.00630. The van der Waals surface area contributed by atoms with Gasteiger partial charge in [0, 0.05) is 12.1 Å². The zero-order chi connectivity index (χ0) is 17.0. The average molecular weight is 344 g/mol. The Balaban J connectivity index is 2.28. The number of carbonyl (C=O) groups excluding carboxylic acids is 1. The molecule has 0 amide bonds. The number of alkyl halides is 4. The number of benzene rings is 2. The first-order chi connectivity index (χ1) is 10.8. The van der Waals surface area contributed by atoms with E-state index < -0.39 is 17.7 Å². The molecule has 0 atom stereocenters. The van der Waals surface area contributed by atoms with E-state index in [-0.39, 0.29) is 29.3 Å². The van der Waals surface area contributed by atoms with Gasteiger partial charge in [-0.3, -0.25) is 0 Å². The summed E-state index contributed by atoms with van der Waals surface area (Å²) in [4.78, 5) is 11.5. The lowest BCUT2D eigenvalue weighted by Crippen LogP contribution is -2.11. The van der Waals surface area contributed by atoms with Gasteiger partial charge in [0.1, 0.15) is 0 Å². The summed E-state index contributed by atoms with van der Waals surface area (Å²) in [5.41, 5.74) is 5.88. The molecule has 0 aliphatic carbocycles. The van der Waals surface area contributed by atoms with Crippen LogP contribution in [0.25, 0.3) is 0 Å². The van der Waals surface area contributed by atoms with Gasteiger partial charge in [-0.25, -0.2) is 4.79 Å². The van der Waals surface area contributed by atoms with Gasteiger partial charge in [0.2, 0.25) is 0 Å². The van der Waals surface area contributed by atoms with Gasteiger partial charge in [-0.1, -0.05) is 29.8 Å². The second kappa shape index (κ2) is 6.91. The van der Waals surface area contributed by atoms with Crippen molar-refractivity contribution in [3.63, 3.8) is 0 Å². The van der Waals surface area contributed by atoms with E-state index in [2.05, 4.69) is 4.74 Å². The van der Waals surface area contributed by atoms with Crippen molar-refractivity contribution in [2.75, 3.05) is 11.8 Å². The van der Waals surface area contributed by atoms with Crippen LogP contribution < -0.4 is 5.73 Å². The molecule has 0 bridgehead atoms. The van der Waals surface area contributed by atoms with Gasteiger partial charge in [0.15, 0.2) is 6.07 Å². The van der Waals surface area contributed by atoms with Crippen LogP contribution in [0.15, 0.2) is 42.5 Å². The SMILES string of the molecule is Nc1cccc(C(F)(F)F)c1Cc1ccc(C(=O)OCCl)cc1. The summed E-state index contributed by atoms with van der Waals surface area (Å²) in [5, 5.41) is 0. The quantitative estimate of drug-likeness (QED) is 0.513. The Labute approximate surface area is 135 Å². The van der Waals surface area contributed by atoms with E-state index in [1.165, 1.54) is 24.3 Å². The third-order valence-corrected chi connectivity index (χ3v) is 3.38. The molecule has 2 aromatic carbocycles. The van der Waals surface area contributed by atoms with Gasteiger partial charge < -0.3 is 10.5 Å². The van der Waals surface area contributed by atoms with E-state index in [1.54, 1.807) is 12.1 Å². The molecule has 2 aromatic rings. The van der Waals surface area contributed by atoms with Crippen LogP contribution in [0.1, 0.15) is 27.0 Å². The normalized spacial score (nSPS) is 11.3. The Bertz CT molecular complexity index is 699. The zero-order valence-corrected chi connectivity index (χ0v) is 12.6. The van der Waals surface area contributed by atoms with Crippen molar-refractivity contribution in [2.45, 2.75) is 12.6 Å². The highest BCUT2D eigenvalue weighted by Crippen LogP contribution is 2.35. The first-order valence-electron chi connectivity index (χ1n) is 6.59. The summed E-state index contributed by atoms with van der Waals surface area (Å²) in [7, 11) is 0. The lowest BCUT2D eigenvalue weighted by Gasteiger charge is -2.15. The monoisotopic (exact) mass is 343 g/mol. The number of nitrogens with two attached hydrogens (primary N) is 1. The lowest BCUT2D eigenvalue weighted by atomic mass is 9.97. The number of ether oxygens (including phenoxy) is 1. The molecule has 7 heteroatoms. The smallest absolute Gasteiger partial charge is 0.416 e. The van der Waals surface area contributed by atoms with E-state index in [4.69, 9.17) is 17.3 Å². The molecule has 0 aromatic heterocycles. The molecule has 0 heterocycles. The fourth-order valence-electron chi connectivity index (χ4n) is 2.16. The van der Waals surface area contributed by atoms with Crippen LogP contribution >= 0.6 is 11.6 Å². The molecule has 0 fully saturated rings. The zero-order valence-electron chi connectivity index (χ0n) is 11.9. The predicted molar refractivity (Wildman–Crippen MR) is 81.2 cm³/mol. The van der Waals surface area contributed by atoms with Crippen molar-refractivity contribution in [1.29, 1.82) is 0 Å². The van der Waals surface area contributed by atoms with Gasteiger partial charge in [0.05, 0.1) is 11.1 Å². The van der Waals surface area contributed by atoms with E-state index >= 15 is 0 Å². The molecule has 0 radical (unpaired) electrons. The molecule has 0 unspecified atom stereocenters. The average Bonchev–Trinajstić information content (AvgIpc) is 2.49. The van der Waals surface area contributed by atoms with Gasteiger partial charge in [-0.15, -0.1) is 0 Å². The Morgan fingerprint density at radius 1 is 1.13 bits per heavy atom. The first kappa shape index (κ1) is 17.1. The molecule has 0 aliphatic rings. The lowest BCUT2D eigenvalue weighted by molar-refractivity contribution is -0.138. The van der Waals surface area contributed by atoms with Crippen LogP contribution in [0.2, 0.25) is 0 Å². The van der Waals surface area contributed by atoms with Crippen LogP contribution in [0.3, 0.4) is 0 Å². The van der Waals surface area contributed by atoms with Gasteiger partial charge in [-0.2, -0.15) is 13.2 Å². The highest BCUT2D eigenvalue weighted by Gasteiger charge is 2.33. The largest absolute Gasteiger partial charge is 0.446 e. The Hall–Kier alpha value is -2.21. The van der Waals surface area contributed by atoms with Crippen LogP contribution in [0, 0.1) is 0 Å². The highest BCUT2D eigenvalue weighted by atomic mass is 35.5. The molecule has 0 spiro atoms. The minimum atomic E-state index is -4.48. The summed E-state index contributed by atoms with van der Waals surface area (Å²) in [6.07, 6.45) is -4.47. The van der Waals surface area contributed by atoms with Crippen molar-refractivity contribution in [2.24, 2.45) is 0 Å². The van der Waals surface area contributed by atoms with Crippen molar-refractivity contribution in [3.8, 4) is 0 Å². The molecule has 122 valence electrons. The molecular weight excluding hydrogens is 331 g/mol.